The van der Waals surface area contributed by atoms with Crippen molar-refractivity contribution in [1.82, 2.24) is 21.3 Å². The minimum atomic E-state index is -3.21. The van der Waals surface area contributed by atoms with Gasteiger partial charge in [-0.15, -0.1) is 0 Å². The number of aliphatic hydroxyl groups is 17. The number of rotatable bonds is 23. The molecule has 0 spiro atoms. The highest BCUT2D eigenvalue weighted by Crippen LogP contribution is 2.39. The van der Waals surface area contributed by atoms with Crippen LogP contribution in [0.5, 0.6) is 0 Å². The average molecular weight is 1240 g/mol. The van der Waals surface area contributed by atoms with Crippen LogP contribution in [0.25, 0.3) is 0 Å². The molecule has 6 aliphatic heterocycles. The molecule has 38 heteroatoms. The van der Waals surface area contributed by atoms with Gasteiger partial charge < -0.3 is 165 Å². The Morgan fingerprint density at radius 3 is 1.44 bits per heavy atom. The van der Waals surface area contributed by atoms with Gasteiger partial charge in [-0.3, -0.25) is 19.2 Å². The predicted octanol–water partition coefficient (Wildman–Crippen LogP) is -14.3. The van der Waals surface area contributed by atoms with Gasteiger partial charge in [-0.1, -0.05) is 0 Å². The van der Waals surface area contributed by atoms with E-state index < -0.39 is 265 Å². The van der Waals surface area contributed by atoms with E-state index in [1.165, 1.54) is 0 Å². The summed E-state index contributed by atoms with van der Waals surface area (Å²) in [6.45, 7) is -2.16. The smallest absolute Gasteiger partial charge is 0.364 e. The van der Waals surface area contributed by atoms with E-state index in [2.05, 4.69) is 21.3 Å². The van der Waals surface area contributed by atoms with Crippen LogP contribution in [-0.2, 0) is 76.1 Å². The van der Waals surface area contributed by atoms with Crippen LogP contribution in [-0.4, -0.2) is 351 Å². The Morgan fingerprint density at radius 1 is 0.482 bits per heavy atom. The molecule has 38 nitrogen and oxygen atoms in total. The summed E-state index contributed by atoms with van der Waals surface area (Å²) < 4.78 is 63.2. The van der Waals surface area contributed by atoms with E-state index in [1.54, 1.807) is 0 Å². The quantitative estimate of drug-likeness (QED) is 0.0452. The molecule has 6 heterocycles. The van der Waals surface area contributed by atoms with Crippen molar-refractivity contribution in [2.45, 2.75) is 224 Å². The molecule has 6 aliphatic rings. The number of aliphatic carboxylic acids is 1. The van der Waals surface area contributed by atoms with Crippen molar-refractivity contribution in [2.24, 2.45) is 0 Å². The van der Waals surface area contributed by atoms with Crippen LogP contribution >= 0.6 is 0 Å². The standard InChI is InChI=1S/C47H78N4O34/c1-12(57)48-23-16(61)5-47(46(73)74,84-38(23)27(63)17(62)6-52)85-40-30(66)20(9-55)79-45(35(40)71)82-37-26(51-15(4)60)41(72)76-22(31(37)67)11-75-42-25(50-14(3)59)33(69)36(21(10-56)80-42)81-44-34(70)39(29(65)19(8-54)78-44)83-43-24(49-13(2)58)32(68)28(64)18(7-53)77-43/h16-45,52-56,61-72H,5-11H2,1-4H3,(H,48,57)(H,49,58)(H,50,59)(H,51,60)(H,73,74)/t16-,17+,18+,19+,20+,21+,22+,23+,24+,25+,26+,27+,28+,29-,30-,31-,32+,33+,34+,35+,36+,37+,38+,39-,40-,41-,42+,43-,44-,45-,47-/m0/s1. The Hall–Kier alpha value is -3.77. The van der Waals surface area contributed by atoms with Crippen LogP contribution in [0.3, 0.4) is 0 Å². The summed E-state index contributed by atoms with van der Waals surface area (Å²) in [5, 5.41) is 205. The molecule has 31 atom stereocenters. The largest absolute Gasteiger partial charge is 0.477 e. The van der Waals surface area contributed by atoms with E-state index in [1.807, 2.05) is 0 Å². The van der Waals surface area contributed by atoms with Crippen LogP contribution in [0.4, 0.5) is 0 Å². The summed E-state index contributed by atoms with van der Waals surface area (Å²) >= 11 is 0. The highest BCUT2D eigenvalue weighted by Gasteiger charge is 2.61. The van der Waals surface area contributed by atoms with Crippen LogP contribution in [0.1, 0.15) is 34.1 Å². The Bertz CT molecular complexity index is 2220. The second-order valence-corrected chi connectivity index (χ2v) is 21.2. The van der Waals surface area contributed by atoms with Gasteiger partial charge in [-0.25, -0.2) is 4.79 Å². The second kappa shape index (κ2) is 30.2. The van der Waals surface area contributed by atoms with Gasteiger partial charge in [0.05, 0.1) is 51.8 Å². The summed E-state index contributed by atoms with van der Waals surface area (Å²) in [5.74, 6) is -8.63. The molecule has 6 rings (SSSR count). The number of carboxylic acid groups (broad SMARTS) is 1. The summed E-state index contributed by atoms with van der Waals surface area (Å²) in [5.41, 5.74) is 0. The molecule has 0 aromatic heterocycles. The molecule has 0 radical (unpaired) electrons. The topological polar surface area (TPSA) is 599 Å². The Kier molecular flexibility index (Phi) is 24.9. The van der Waals surface area contributed by atoms with E-state index in [0.717, 1.165) is 27.7 Å². The number of nitrogens with one attached hydrogen (secondary N) is 4. The molecule has 6 saturated heterocycles. The summed E-state index contributed by atoms with van der Waals surface area (Å²) in [6, 6.07) is -6.83. The number of amides is 4. The maximum Gasteiger partial charge on any atom is 0.364 e. The van der Waals surface area contributed by atoms with Crippen molar-refractivity contribution in [3.8, 4) is 0 Å². The Labute approximate surface area is 481 Å². The molecule has 6 fully saturated rings. The second-order valence-electron chi connectivity index (χ2n) is 21.2. The van der Waals surface area contributed by atoms with Gasteiger partial charge in [0, 0.05) is 34.1 Å². The van der Waals surface area contributed by atoms with Gasteiger partial charge in [0.2, 0.25) is 23.6 Å². The lowest BCUT2D eigenvalue weighted by Gasteiger charge is -2.51. The lowest BCUT2D eigenvalue weighted by molar-refractivity contribution is -0.382. The molecule has 0 saturated carbocycles. The first-order valence-electron chi connectivity index (χ1n) is 26.7. The van der Waals surface area contributed by atoms with E-state index in [-0.39, 0.29) is 0 Å². The summed E-state index contributed by atoms with van der Waals surface area (Å²) in [7, 11) is 0. The lowest BCUT2D eigenvalue weighted by atomic mass is 9.88. The molecule has 22 N–H and O–H groups in total. The van der Waals surface area contributed by atoms with E-state index in [4.69, 9.17) is 52.1 Å². The van der Waals surface area contributed by atoms with Crippen LogP contribution < -0.4 is 21.3 Å². The Balaban J connectivity index is 1.22. The SMILES string of the molecule is CC(=O)N[C@@H]1[C@@H](O[C@@H]2O[C@H](CO)[C@H](O)[C@H](O[C@]3(C(=O)O)C[C@H](O)[C@@H](NC(C)=O)[C@H]([C@H](O)[C@H](O)CO)O3)[C@H]2O)[C@@H](O)[C@@H](CO[C@@H]2O[C@H](CO)[C@@H](O[C@@H]3O[C@H](CO)[C@H](O)[C@H](O[C@@H]4O[C@H](CO)[C@@H](O)[C@H](O)[C@H]4NC(C)=O)[C@H]3O)[C@H](O)[C@H]2NC(C)=O)O[C@@H]1O. The third-order valence-electron chi connectivity index (χ3n) is 15.0. The fourth-order valence-electron chi connectivity index (χ4n) is 10.7. The van der Waals surface area contributed by atoms with E-state index in [0.29, 0.717) is 0 Å². The molecule has 0 aromatic rings. The van der Waals surface area contributed by atoms with Crippen LogP contribution in [0, 0.1) is 0 Å². The van der Waals surface area contributed by atoms with Gasteiger partial charge >= 0.3 is 5.97 Å². The van der Waals surface area contributed by atoms with Gasteiger partial charge in [0.25, 0.3) is 5.79 Å². The number of ether oxygens (including phenoxy) is 11. The van der Waals surface area contributed by atoms with Crippen molar-refractivity contribution < 1.29 is 168 Å². The monoisotopic (exact) mass is 1240 g/mol. The molecular formula is C47H78N4O34. The molecule has 0 aliphatic carbocycles. The van der Waals surface area contributed by atoms with Gasteiger partial charge in [0.15, 0.2) is 31.5 Å². The van der Waals surface area contributed by atoms with Crippen molar-refractivity contribution in [3.63, 3.8) is 0 Å². The van der Waals surface area contributed by atoms with E-state index >= 15 is 0 Å². The van der Waals surface area contributed by atoms with Gasteiger partial charge in [-0.2, -0.15) is 0 Å². The maximum atomic E-state index is 13.1. The third-order valence-corrected chi connectivity index (χ3v) is 15.0. The zero-order chi connectivity index (χ0) is 63.3. The van der Waals surface area contributed by atoms with Gasteiger partial charge in [0.1, 0.15) is 140 Å². The Morgan fingerprint density at radius 2 is 0.918 bits per heavy atom. The molecule has 0 aromatic carbocycles. The maximum absolute atomic E-state index is 13.1. The fraction of sp³-hybridized carbons (Fsp3) is 0.894. The first-order chi connectivity index (χ1) is 40.0. The first-order valence-corrected chi connectivity index (χ1v) is 26.7. The lowest BCUT2D eigenvalue weighted by Crippen LogP contribution is -2.71. The molecule has 0 unspecified atom stereocenters. The molecule has 0 bridgehead atoms. The van der Waals surface area contributed by atoms with Crippen LogP contribution in [0.2, 0.25) is 0 Å². The van der Waals surface area contributed by atoms with Crippen molar-refractivity contribution in [3.05, 3.63) is 0 Å². The predicted molar refractivity (Wildman–Crippen MR) is 263 cm³/mol. The van der Waals surface area contributed by atoms with Crippen molar-refractivity contribution >= 4 is 29.6 Å². The fourth-order valence-corrected chi connectivity index (χ4v) is 10.7. The average Bonchev–Trinajstić information content (AvgIpc) is 3.55. The zero-order valence-electron chi connectivity index (χ0n) is 45.9. The summed E-state index contributed by atoms with van der Waals surface area (Å²) in [4.78, 5) is 62.3. The number of carboxylic acids is 1. The normalized spacial score (nSPS) is 45.0. The van der Waals surface area contributed by atoms with Crippen molar-refractivity contribution in [1.29, 1.82) is 0 Å². The minimum absolute atomic E-state index is 0.759. The van der Waals surface area contributed by atoms with Gasteiger partial charge in [-0.05, 0) is 0 Å². The minimum Gasteiger partial charge on any atom is -0.477 e. The highest BCUT2D eigenvalue weighted by molar-refractivity contribution is 5.77. The van der Waals surface area contributed by atoms with Crippen LogP contribution in [0.15, 0.2) is 0 Å². The molecule has 4 amide bonds. The first kappa shape index (κ1) is 70.3. The molecule has 490 valence electrons. The highest BCUT2D eigenvalue weighted by atomic mass is 16.8. The molecule has 85 heavy (non-hydrogen) atoms. The van der Waals surface area contributed by atoms with Crippen molar-refractivity contribution in [2.75, 3.05) is 39.6 Å². The number of carbonyl (C=O) groups is 5. The third kappa shape index (κ3) is 15.8. The number of hydrogen-bond donors (Lipinski definition) is 22. The number of aliphatic hydroxyl groups excluding tert-OH is 17. The number of hydrogen-bond acceptors (Lipinski definition) is 33. The van der Waals surface area contributed by atoms with E-state index in [9.17, 15) is 116 Å². The number of carbonyl (C=O) groups excluding carboxylic acids is 4. The molecular weight excluding hydrogens is 1160 g/mol. The summed E-state index contributed by atoms with van der Waals surface area (Å²) in [6.07, 6.45) is -53.1. The zero-order valence-corrected chi connectivity index (χ0v) is 45.9.